The molecule has 0 bridgehead atoms. The normalized spacial score (nSPS) is 20.4. The van der Waals surface area contributed by atoms with Gasteiger partial charge in [-0.25, -0.2) is 9.59 Å². The average Bonchev–Trinajstić information content (AvgIpc) is 3.08. The van der Waals surface area contributed by atoms with Crippen LogP contribution in [0.1, 0.15) is 47.9 Å². The molecular weight excluding hydrogens is 372 g/mol. The van der Waals surface area contributed by atoms with Crippen molar-refractivity contribution < 1.29 is 38.7 Å². The number of carbonyl (C=O) groups is 5. The van der Waals surface area contributed by atoms with E-state index in [1.54, 1.807) is 32.9 Å². The highest BCUT2D eigenvalue weighted by atomic mass is 16.8. The Kier molecular flexibility index (Phi) is 4.67. The number of rotatable bonds is 3. The SMILES string of the molecule is CC(C)(C)OC(=O)N1O[C@H]([C@@H](C(=O)O)N2C(=O)c3ccccc3C2=O)CC1=O. The van der Waals surface area contributed by atoms with Crippen LogP contribution in [0.4, 0.5) is 4.79 Å². The van der Waals surface area contributed by atoms with E-state index in [1.165, 1.54) is 12.1 Å². The summed E-state index contributed by atoms with van der Waals surface area (Å²) < 4.78 is 5.05. The summed E-state index contributed by atoms with van der Waals surface area (Å²) in [6.45, 7) is 4.76. The van der Waals surface area contributed by atoms with Crippen molar-refractivity contribution in [3.63, 3.8) is 0 Å². The summed E-state index contributed by atoms with van der Waals surface area (Å²) in [6.07, 6.45) is -3.05. The number of nitrogens with zero attached hydrogens (tertiary/aromatic N) is 2. The molecule has 2 aliphatic heterocycles. The molecule has 1 aromatic rings. The molecule has 4 amide bonds. The van der Waals surface area contributed by atoms with Crippen LogP contribution in [-0.2, 0) is 19.2 Å². The van der Waals surface area contributed by atoms with Crippen LogP contribution in [0.25, 0.3) is 0 Å². The van der Waals surface area contributed by atoms with Crippen molar-refractivity contribution in [1.82, 2.24) is 9.96 Å². The van der Waals surface area contributed by atoms with Crippen molar-refractivity contribution >= 4 is 29.8 Å². The first-order chi connectivity index (χ1) is 13.0. The largest absolute Gasteiger partial charge is 0.480 e. The van der Waals surface area contributed by atoms with Gasteiger partial charge < -0.3 is 9.84 Å². The molecule has 0 radical (unpaired) electrons. The fourth-order valence-corrected chi connectivity index (χ4v) is 3.00. The molecule has 2 atom stereocenters. The van der Waals surface area contributed by atoms with E-state index in [9.17, 15) is 29.1 Å². The molecule has 0 unspecified atom stereocenters. The van der Waals surface area contributed by atoms with Gasteiger partial charge >= 0.3 is 12.1 Å². The van der Waals surface area contributed by atoms with E-state index in [4.69, 9.17) is 9.57 Å². The maximum absolute atomic E-state index is 12.6. The molecule has 10 heteroatoms. The number of carboxylic acids is 1. The predicted molar refractivity (Wildman–Crippen MR) is 90.9 cm³/mol. The zero-order valence-corrected chi connectivity index (χ0v) is 15.4. The van der Waals surface area contributed by atoms with Crippen LogP contribution in [0.15, 0.2) is 24.3 Å². The molecule has 0 saturated carbocycles. The van der Waals surface area contributed by atoms with Crippen molar-refractivity contribution in [2.75, 3.05) is 0 Å². The lowest BCUT2D eigenvalue weighted by atomic mass is 10.1. The number of carbonyl (C=O) groups excluding carboxylic acids is 4. The van der Waals surface area contributed by atoms with Gasteiger partial charge in [-0.05, 0) is 32.9 Å². The first-order valence-electron chi connectivity index (χ1n) is 8.43. The van der Waals surface area contributed by atoms with Crippen LogP contribution in [-0.4, -0.2) is 62.6 Å². The lowest BCUT2D eigenvalue weighted by molar-refractivity contribution is -0.176. The second-order valence-electron chi connectivity index (χ2n) is 7.33. The summed E-state index contributed by atoms with van der Waals surface area (Å²) in [4.78, 5) is 67.0. The monoisotopic (exact) mass is 390 g/mol. The van der Waals surface area contributed by atoms with E-state index >= 15 is 0 Å². The molecule has 2 aliphatic rings. The molecule has 2 heterocycles. The molecule has 1 N–H and O–H groups in total. The molecule has 3 rings (SSSR count). The molecule has 148 valence electrons. The second-order valence-corrected chi connectivity index (χ2v) is 7.33. The van der Waals surface area contributed by atoms with Gasteiger partial charge in [-0.2, -0.15) is 0 Å². The van der Waals surface area contributed by atoms with E-state index in [-0.39, 0.29) is 11.1 Å². The van der Waals surface area contributed by atoms with Gasteiger partial charge in [-0.15, -0.1) is 5.06 Å². The first kappa shape index (κ1) is 19.5. The van der Waals surface area contributed by atoms with Gasteiger partial charge in [0.25, 0.3) is 17.7 Å². The Balaban J connectivity index is 1.86. The number of imide groups is 2. The van der Waals surface area contributed by atoms with Gasteiger partial charge in [0.1, 0.15) is 11.7 Å². The molecule has 10 nitrogen and oxygen atoms in total. The summed E-state index contributed by atoms with van der Waals surface area (Å²) in [5.41, 5.74) is -0.785. The van der Waals surface area contributed by atoms with E-state index in [2.05, 4.69) is 0 Å². The maximum Gasteiger partial charge on any atom is 0.442 e. The highest BCUT2D eigenvalue weighted by Crippen LogP contribution is 2.30. The number of amides is 4. The topological polar surface area (TPSA) is 131 Å². The Hall–Kier alpha value is -3.27. The lowest BCUT2D eigenvalue weighted by Gasteiger charge is -2.27. The predicted octanol–water partition coefficient (Wildman–Crippen LogP) is 1.20. The summed E-state index contributed by atoms with van der Waals surface area (Å²) in [7, 11) is 0. The van der Waals surface area contributed by atoms with Crippen LogP contribution in [0, 0.1) is 0 Å². The van der Waals surface area contributed by atoms with Gasteiger partial charge in [0, 0.05) is 0 Å². The molecule has 0 spiro atoms. The number of carboxylic acid groups (broad SMARTS) is 1. The fourth-order valence-electron chi connectivity index (χ4n) is 3.00. The minimum absolute atomic E-state index is 0.0621. The number of benzene rings is 1. The van der Waals surface area contributed by atoms with Crippen LogP contribution in [0.3, 0.4) is 0 Å². The molecule has 0 aliphatic carbocycles. The lowest BCUT2D eigenvalue weighted by Crippen LogP contribution is -2.52. The molecule has 1 fully saturated rings. The van der Waals surface area contributed by atoms with Crippen LogP contribution < -0.4 is 0 Å². The average molecular weight is 390 g/mol. The van der Waals surface area contributed by atoms with Gasteiger partial charge in [0.2, 0.25) is 0 Å². The number of hydroxylamine groups is 2. The molecule has 1 saturated heterocycles. The van der Waals surface area contributed by atoms with Crippen molar-refractivity contribution in [3.8, 4) is 0 Å². The highest BCUT2D eigenvalue weighted by molar-refractivity contribution is 6.22. The molecule has 1 aromatic carbocycles. The quantitative estimate of drug-likeness (QED) is 0.762. The minimum atomic E-state index is -1.79. The highest BCUT2D eigenvalue weighted by Gasteiger charge is 2.51. The Morgan fingerprint density at radius 3 is 2.14 bits per heavy atom. The van der Waals surface area contributed by atoms with Crippen molar-refractivity contribution in [1.29, 1.82) is 0 Å². The summed E-state index contributed by atoms with van der Waals surface area (Å²) in [5.74, 6) is -3.99. The van der Waals surface area contributed by atoms with E-state index < -0.39 is 54.0 Å². The third-order valence-electron chi connectivity index (χ3n) is 4.11. The third-order valence-corrected chi connectivity index (χ3v) is 4.11. The third kappa shape index (κ3) is 3.33. The van der Waals surface area contributed by atoms with Gasteiger partial charge in [0.15, 0.2) is 6.04 Å². The van der Waals surface area contributed by atoms with Crippen molar-refractivity contribution in [2.24, 2.45) is 0 Å². The Morgan fingerprint density at radius 1 is 1.14 bits per heavy atom. The number of ether oxygens (including phenoxy) is 1. The maximum atomic E-state index is 12.6. The zero-order valence-electron chi connectivity index (χ0n) is 15.4. The number of fused-ring (bicyclic) bond motifs is 1. The number of aliphatic carboxylic acids is 1. The Morgan fingerprint density at radius 2 is 1.68 bits per heavy atom. The van der Waals surface area contributed by atoms with E-state index in [0.717, 1.165) is 0 Å². The minimum Gasteiger partial charge on any atom is -0.480 e. The second kappa shape index (κ2) is 6.71. The van der Waals surface area contributed by atoms with E-state index in [0.29, 0.717) is 9.96 Å². The van der Waals surface area contributed by atoms with Crippen LogP contribution in [0.2, 0.25) is 0 Å². The Bertz CT molecular complexity index is 853. The van der Waals surface area contributed by atoms with Gasteiger partial charge in [0.05, 0.1) is 17.5 Å². The van der Waals surface area contributed by atoms with Crippen LogP contribution in [0.5, 0.6) is 0 Å². The summed E-state index contributed by atoms with van der Waals surface area (Å²) in [6, 6.07) is 4.11. The van der Waals surface area contributed by atoms with Crippen molar-refractivity contribution in [3.05, 3.63) is 35.4 Å². The van der Waals surface area contributed by atoms with Crippen LogP contribution >= 0.6 is 0 Å². The standard InChI is InChI=1S/C18H18N2O8/c1-18(2,3)27-17(26)20-12(21)8-11(28-20)13(16(24)25)19-14(22)9-6-4-5-7-10(9)15(19)23/h4-7,11,13H,8H2,1-3H3,(H,24,25)/t11-,13-/m0/s1. The molecular formula is C18H18N2O8. The van der Waals surface area contributed by atoms with Crippen molar-refractivity contribution in [2.45, 2.75) is 44.9 Å². The summed E-state index contributed by atoms with van der Waals surface area (Å²) >= 11 is 0. The number of hydrogen-bond donors (Lipinski definition) is 1. The first-order valence-corrected chi connectivity index (χ1v) is 8.43. The van der Waals surface area contributed by atoms with Gasteiger partial charge in [-0.1, -0.05) is 12.1 Å². The Labute approximate surface area is 159 Å². The smallest absolute Gasteiger partial charge is 0.442 e. The zero-order chi connectivity index (χ0) is 20.8. The number of hydrogen-bond acceptors (Lipinski definition) is 7. The molecule has 0 aromatic heterocycles. The van der Waals surface area contributed by atoms with Gasteiger partial charge in [-0.3, -0.25) is 24.1 Å². The summed E-state index contributed by atoms with van der Waals surface area (Å²) in [5, 5.41) is 9.96. The molecule has 28 heavy (non-hydrogen) atoms. The van der Waals surface area contributed by atoms with E-state index in [1.807, 2.05) is 0 Å². The fraction of sp³-hybridized carbons (Fsp3) is 0.389.